The third-order valence-electron chi connectivity index (χ3n) is 4.57. The molecule has 1 aliphatic heterocycles. The van der Waals surface area contributed by atoms with E-state index in [1.54, 1.807) is 0 Å². The molecule has 0 bridgehead atoms. The summed E-state index contributed by atoms with van der Waals surface area (Å²) in [6, 6.07) is 4.24. The average Bonchev–Trinajstić information content (AvgIpc) is 3.22. The standard InChI is InChI=1S/C17H23N3O/c1-11-8-20(9-12(2)21-11)10-15-14-4-3-7-18-17(14)19-16(15)13-5-6-13/h3-4,7,11-13H,5-6,8-10H2,1-2H3,(H,18,19)/t11-,12+. The van der Waals surface area contributed by atoms with Crippen molar-refractivity contribution in [3.8, 4) is 0 Å². The second-order valence-corrected chi connectivity index (χ2v) is 6.64. The first kappa shape index (κ1) is 13.3. The van der Waals surface area contributed by atoms with Crippen molar-refractivity contribution in [1.82, 2.24) is 14.9 Å². The van der Waals surface area contributed by atoms with E-state index in [0.29, 0.717) is 12.2 Å². The third-order valence-corrected chi connectivity index (χ3v) is 4.57. The van der Waals surface area contributed by atoms with Gasteiger partial charge >= 0.3 is 0 Å². The predicted octanol–water partition coefficient (Wildman–Crippen LogP) is 3.05. The highest BCUT2D eigenvalue weighted by molar-refractivity contribution is 5.81. The van der Waals surface area contributed by atoms with Gasteiger partial charge in [-0.3, -0.25) is 4.90 Å². The van der Waals surface area contributed by atoms with Crippen molar-refractivity contribution in [3.05, 3.63) is 29.6 Å². The van der Waals surface area contributed by atoms with E-state index < -0.39 is 0 Å². The number of nitrogens with one attached hydrogen (secondary N) is 1. The van der Waals surface area contributed by atoms with Gasteiger partial charge in [-0.05, 0) is 50.3 Å². The first-order chi connectivity index (χ1) is 10.2. The molecule has 1 aliphatic carbocycles. The maximum atomic E-state index is 5.85. The zero-order valence-corrected chi connectivity index (χ0v) is 12.8. The number of ether oxygens (including phenoxy) is 1. The van der Waals surface area contributed by atoms with Gasteiger partial charge in [0, 0.05) is 36.9 Å². The van der Waals surface area contributed by atoms with E-state index in [1.165, 1.54) is 29.5 Å². The lowest BCUT2D eigenvalue weighted by molar-refractivity contribution is -0.0704. The molecular formula is C17H23N3O. The Bertz CT molecular complexity index is 637. The van der Waals surface area contributed by atoms with Crippen LogP contribution in [0.1, 0.15) is 43.9 Å². The Morgan fingerprint density at radius 3 is 2.76 bits per heavy atom. The second kappa shape index (κ2) is 5.11. The number of aromatic amines is 1. The molecule has 4 rings (SSSR count). The summed E-state index contributed by atoms with van der Waals surface area (Å²) in [5.41, 5.74) is 3.93. The number of hydrogen-bond acceptors (Lipinski definition) is 3. The van der Waals surface area contributed by atoms with Gasteiger partial charge in [0.1, 0.15) is 5.65 Å². The van der Waals surface area contributed by atoms with Crippen LogP contribution < -0.4 is 0 Å². The van der Waals surface area contributed by atoms with Crippen molar-refractivity contribution >= 4 is 11.0 Å². The van der Waals surface area contributed by atoms with Gasteiger partial charge < -0.3 is 9.72 Å². The number of morpholine rings is 1. The molecule has 1 saturated carbocycles. The molecule has 4 nitrogen and oxygen atoms in total. The number of H-pyrrole nitrogens is 1. The Hall–Kier alpha value is -1.39. The summed E-state index contributed by atoms with van der Waals surface area (Å²) in [6.45, 7) is 7.38. The fourth-order valence-electron chi connectivity index (χ4n) is 3.62. The first-order valence-corrected chi connectivity index (χ1v) is 8.04. The van der Waals surface area contributed by atoms with Gasteiger partial charge in [0.05, 0.1) is 12.2 Å². The summed E-state index contributed by atoms with van der Waals surface area (Å²) in [6.07, 6.45) is 5.15. The fraction of sp³-hybridized carbons (Fsp3) is 0.588. The fourth-order valence-corrected chi connectivity index (χ4v) is 3.62. The average molecular weight is 285 g/mol. The summed E-state index contributed by atoms with van der Waals surface area (Å²) < 4.78 is 5.85. The quantitative estimate of drug-likeness (QED) is 0.942. The monoisotopic (exact) mass is 285 g/mol. The highest BCUT2D eigenvalue weighted by Gasteiger charge is 2.31. The Morgan fingerprint density at radius 2 is 2.05 bits per heavy atom. The minimum atomic E-state index is 0.321. The zero-order valence-electron chi connectivity index (χ0n) is 12.8. The lowest BCUT2D eigenvalue weighted by Gasteiger charge is -2.35. The Labute approximate surface area is 125 Å². The van der Waals surface area contributed by atoms with Crippen LogP contribution in [0, 0.1) is 0 Å². The highest BCUT2D eigenvalue weighted by atomic mass is 16.5. The van der Waals surface area contributed by atoms with Crippen molar-refractivity contribution in [1.29, 1.82) is 0 Å². The van der Waals surface area contributed by atoms with Crippen LogP contribution in [-0.2, 0) is 11.3 Å². The molecule has 3 heterocycles. The Morgan fingerprint density at radius 1 is 1.29 bits per heavy atom. The molecule has 0 unspecified atom stereocenters. The topological polar surface area (TPSA) is 41.2 Å². The lowest BCUT2D eigenvalue weighted by atomic mass is 10.1. The Kier molecular flexibility index (Phi) is 3.23. The molecule has 2 atom stereocenters. The predicted molar refractivity (Wildman–Crippen MR) is 83.4 cm³/mol. The number of aromatic nitrogens is 2. The van der Waals surface area contributed by atoms with E-state index in [9.17, 15) is 0 Å². The molecular weight excluding hydrogens is 262 g/mol. The van der Waals surface area contributed by atoms with Crippen molar-refractivity contribution in [2.75, 3.05) is 13.1 Å². The summed E-state index contributed by atoms with van der Waals surface area (Å²) in [5.74, 6) is 0.727. The van der Waals surface area contributed by atoms with Gasteiger partial charge in [-0.25, -0.2) is 4.98 Å². The molecule has 1 N–H and O–H groups in total. The van der Waals surface area contributed by atoms with Crippen molar-refractivity contribution in [2.24, 2.45) is 0 Å². The van der Waals surface area contributed by atoms with E-state index in [-0.39, 0.29) is 0 Å². The Balaban J connectivity index is 1.67. The minimum Gasteiger partial charge on any atom is -0.373 e. The van der Waals surface area contributed by atoms with Gasteiger partial charge in [-0.15, -0.1) is 0 Å². The summed E-state index contributed by atoms with van der Waals surface area (Å²) >= 11 is 0. The van der Waals surface area contributed by atoms with Gasteiger partial charge in [0.2, 0.25) is 0 Å². The molecule has 4 heteroatoms. The van der Waals surface area contributed by atoms with Crippen LogP contribution in [0.4, 0.5) is 0 Å². The van der Waals surface area contributed by atoms with Crippen LogP contribution >= 0.6 is 0 Å². The number of fused-ring (bicyclic) bond motifs is 1. The number of hydrogen-bond donors (Lipinski definition) is 1. The SMILES string of the molecule is C[C@@H]1CN(Cc2c(C3CC3)[nH]c3ncccc23)C[C@H](C)O1. The van der Waals surface area contributed by atoms with Crippen LogP contribution in [0.15, 0.2) is 18.3 Å². The van der Waals surface area contributed by atoms with Crippen LogP contribution in [0.3, 0.4) is 0 Å². The van der Waals surface area contributed by atoms with Crippen molar-refractivity contribution in [3.63, 3.8) is 0 Å². The van der Waals surface area contributed by atoms with Crippen LogP contribution in [0.2, 0.25) is 0 Å². The summed E-state index contributed by atoms with van der Waals surface area (Å²) in [5, 5.41) is 1.30. The van der Waals surface area contributed by atoms with Gasteiger partial charge in [-0.1, -0.05) is 0 Å². The van der Waals surface area contributed by atoms with Crippen LogP contribution in [0.5, 0.6) is 0 Å². The summed E-state index contributed by atoms with van der Waals surface area (Å²) in [7, 11) is 0. The number of nitrogens with zero attached hydrogens (tertiary/aromatic N) is 2. The third kappa shape index (κ3) is 2.58. The normalized spacial score (nSPS) is 27.3. The van der Waals surface area contributed by atoms with E-state index in [1.807, 2.05) is 12.3 Å². The lowest BCUT2D eigenvalue weighted by Crippen LogP contribution is -2.44. The van der Waals surface area contributed by atoms with Gasteiger partial charge in [-0.2, -0.15) is 0 Å². The maximum absolute atomic E-state index is 5.85. The molecule has 2 aromatic rings. The molecule has 2 fully saturated rings. The highest BCUT2D eigenvalue weighted by Crippen LogP contribution is 2.43. The molecule has 0 amide bonds. The first-order valence-electron chi connectivity index (χ1n) is 8.04. The zero-order chi connectivity index (χ0) is 14.4. The molecule has 2 aromatic heterocycles. The van der Waals surface area contributed by atoms with Crippen molar-refractivity contribution in [2.45, 2.75) is 51.4 Å². The van der Waals surface area contributed by atoms with E-state index >= 15 is 0 Å². The van der Waals surface area contributed by atoms with Crippen LogP contribution in [-0.4, -0.2) is 40.2 Å². The molecule has 0 spiro atoms. The molecule has 1 saturated heterocycles. The molecule has 0 aromatic carbocycles. The van der Waals surface area contributed by atoms with E-state index in [2.05, 4.69) is 34.8 Å². The minimum absolute atomic E-state index is 0.321. The molecule has 2 aliphatic rings. The van der Waals surface area contributed by atoms with Gasteiger partial charge in [0.25, 0.3) is 0 Å². The van der Waals surface area contributed by atoms with Crippen molar-refractivity contribution < 1.29 is 4.74 Å². The molecule has 112 valence electrons. The summed E-state index contributed by atoms with van der Waals surface area (Å²) in [4.78, 5) is 10.6. The second-order valence-electron chi connectivity index (χ2n) is 6.64. The van der Waals surface area contributed by atoms with E-state index in [0.717, 1.165) is 31.2 Å². The van der Waals surface area contributed by atoms with Crippen LogP contribution in [0.25, 0.3) is 11.0 Å². The molecule has 0 radical (unpaired) electrons. The number of rotatable bonds is 3. The van der Waals surface area contributed by atoms with E-state index in [4.69, 9.17) is 4.74 Å². The maximum Gasteiger partial charge on any atom is 0.137 e. The number of pyridine rings is 1. The molecule has 21 heavy (non-hydrogen) atoms. The van der Waals surface area contributed by atoms with Gasteiger partial charge in [0.15, 0.2) is 0 Å². The smallest absolute Gasteiger partial charge is 0.137 e. The largest absolute Gasteiger partial charge is 0.373 e.